The summed E-state index contributed by atoms with van der Waals surface area (Å²) < 4.78 is 35.2. The van der Waals surface area contributed by atoms with E-state index in [0.29, 0.717) is 17.9 Å². The van der Waals surface area contributed by atoms with Gasteiger partial charge in [0.1, 0.15) is 0 Å². The normalized spacial score (nSPS) is 10.0. The van der Waals surface area contributed by atoms with E-state index < -0.39 is 12.2 Å². The van der Waals surface area contributed by atoms with Crippen LogP contribution in [0.1, 0.15) is 0 Å². The maximum atomic E-state index is 11.7. The Bertz CT molecular complexity index is 244. The second-order valence-electron chi connectivity index (χ2n) is 1.79. The van der Waals surface area contributed by atoms with E-state index in [0.717, 1.165) is 0 Å². The zero-order chi connectivity index (χ0) is 9.12. The maximum absolute atomic E-state index is 11.7. The van der Waals surface area contributed by atoms with Crippen LogP contribution in [0.2, 0.25) is 0 Å². The fourth-order valence-corrected chi connectivity index (χ4v) is 0.306. The Labute approximate surface area is 125 Å². The van der Waals surface area contributed by atoms with Crippen molar-refractivity contribution in [2.45, 2.75) is 6.08 Å². The summed E-state index contributed by atoms with van der Waals surface area (Å²) >= 11 is 0. The largest absolute Gasteiger partial charge is 1.00 e. The Hall–Kier alpha value is 0.377. The number of nitriles is 3. The molecule has 0 saturated carbocycles. The number of nitrogens with zero attached hydrogens (tertiary/aromatic N) is 3. The minimum absolute atomic E-state index is 0. The molecule has 3 nitrogen and oxygen atoms in total. The van der Waals surface area contributed by atoms with Crippen molar-refractivity contribution >= 4 is 6.15 Å². The first-order chi connectivity index (χ1) is 4.93. The zero-order valence-corrected chi connectivity index (χ0v) is 12.3. The molecule has 0 aliphatic carbocycles. The minimum Gasteiger partial charge on any atom is -0.247 e. The summed E-state index contributed by atoms with van der Waals surface area (Å²) in [7, 11) is 0. The third kappa shape index (κ3) is 2.70. The smallest absolute Gasteiger partial charge is 0.247 e. The molecule has 0 aromatic rings. The Kier molecular flexibility index (Phi) is 6.42. The third-order valence-corrected chi connectivity index (χ3v) is 1.07. The van der Waals surface area contributed by atoms with Gasteiger partial charge in [-0.25, -0.2) is 29.0 Å². The fourth-order valence-electron chi connectivity index (χ4n) is 0.306. The van der Waals surface area contributed by atoms with Gasteiger partial charge in [-0.05, 0) is 0 Å². The first kappa shape index (κ1) is 14.9. The summed E-state index contributed by atoms with van der Waals surface area (Å²) in [5.74, 6) is 2.01. The van der Waals surface area contributed by atoms with Crippen LogP contribution in [0.5, 0.6) is 0 Å². The van der Waals surface area contributed by atoms with Gasteiger partial charge < -0.3 is 0 Å². The summed E-state index contributed by atoms with van der Waals surface area (Å²) in [6, 6.07) is 0. The Morgan fingerprint density at radius 1 is 0.917 bits per heavy atom. The van der Waals surface area contributed by atoms with Crippen molar-refractivity contribution < 1.29 is 82.1 Å². The Morgan fingerprint density at radius 3 is 1.17 bits per heavy atom. The van der Waals surface area contributed by atoms with E-state index in [1.54, 1.807) is 0 Å². The van der Waals surface area contributed by atoms with Crippen molar-refractivity contribution in [1.82, 2.24) is 0 Å². The monoisotopic (exact) mass is 291 g/mol. The van der Waals surface area contributed by atoms with Crippen molar-refractivity contribution in [3.05, 3.63) is 0 Å². The van der Waals surface area contributed by atoms with E-state index in [4.69, 9.17) is 15.8 Å². The van der Waals surface area contributed by atoms with Crippen LogP contribution >= 0.6 is 0 Å². The molecular weight excluding hydrogens is 291 g/mol. The number of alkyl halides is 3. The summed E-state index contributed by atoms with van der Waals surface area (Å²) in [5, 5.41) is 23.8. The van der Waals surface area contributed by atoms with Crippen LogP contribution in [0.25, 0.3) is 0 Å². The van der Waals surface area contributed by atoms with Crippen molar-refractivity contribution in [2.75, 3.05) is 0 Å². The molecule has 56 valence electrons. The molecule has 0 aromatic heterocycles. The molecule has 12 heavy (non-hydrogen) atoms. The standard InChI is InChI=1S/C4BF3N3.Cs/c6-4(7,8)5(1-9,2-10)3-11;/q-1;+1. The molecule has 0 rings (SSSR count). The predicted octanol–water partition coefficient (Wildman–Crippen LogP) is -2.27. The summed E-state index contributed by atoms with van der Waals surface area (Å²) in [5.41, 5.74) is 0. The van der Waals surface area contributed by atoms with Crippen molar-refractivity contribution in [1.29, 1.82) is 15.8 Å². The van der Waals surface area contributed by atoms with E-state index in [-0.39, 0.29) is 68.9 Å². The number of hydrogen-bond acceptors (Lipinski definition) is 3. The first-order valence-electron chi connectivity index (χ1n) is 2.39. The van der Waals surface area contributed by atoms with Crippen LogP contribution in [0.3, 0.4) is 0 Å². The Morgan fingerprint density at radius 2 is 1.17 bits per heavy atom. The molecule has 0 atom stereocenters. The SMILES string of the molecule is N#C[B-](C#N)(C#N)C(F)(F)F.[Cs+]. The van der Waals surface area contributed by atoms with Crippen LogP contribution in [-0.2, 0) is 0 Å². The fraction of sp³-hybridized carbons (Fsp3) is 0.250. The zero-order valence-electron chi connectivity index (χ0n) is 6.05. The minimum atomic E-state index is -5.06. The van der Waals surface area contributed by atoms with E-state index >= 15 is 0 Å². The van der Waals surface area contributed by atoms with Gasteiger partial charge in [0.15, 0.2) is 0 Å². The van der Waals surface area contributed by atoms with E-state index in [2.05, 4.69) is 0 Å². The molecule has 0 unspecified atom stereocenters. The molecule has 8 heteroatoms. The van der Waals surface area contributed by atoms with Gasteiger partial charge in [0.05, 0.1) is 0 Å². The van der Waals surface area contributed by atoms with Gasteiger partial charge in [-0.2, -0.15) is 0 Å². The van der Waals surface area contributed by atoms with Gasteiger partial charge in [0, 0.05) is 0 Å². The summed E-state index contributed by atoms with van der Waals surface area (Å²) in [6.45, 7) is 0. The quantitative estimate of drug-likeness (QED) is 0.472. The molecular formula is C4BCsF3N3. The predicted molar refractivity (Wildman–Crippen MR) is 28.6 cm³/mol. The second kappa shape index (κ2) is 5.18. The molecule has 0 radical (unpaired) electrons. The first-order valence-corrected chi connectivity index (χ1v) is 2.39. The van der Waals surface area contributed by atoms with Crippen molar-refractivity contribution in [2.24, 2.45) is 0 Å². The molecule has 0 aliphatic rings. The average molecular weight is 291 g/mol. The third-order valence-electron chi connectivity index (χ3n) is 1.07. The van der Waals surface area contributed by atoms with Crippen LogP contribution < -0.4 is 68.9 Å². The van der Waals surface area contributed by atoms with Gasteiger partial charge in [0.25, 0.3) is 6.08 Å². The van der Waals surface area contributed by atoms with Crippen LogP contribution in [-0.4, -0.2) is 12.2 Å². The van der Waals surface area contributed by atoms with Gasteiger partial charge in [0.2, 0.25) is 0 Å². The van der Waals surface area contributed by atoms with Gasteiger partial charge in [-0.15, -0.1) is 17.9 Å². The summed E-state index contributed by atoms with van der Waals surface area (Å²) in [4.78, 5) is 0. The molecule has 0 fully saturated rings. The van der Waals surface area contributed by atoms with E-state index in [1.807, 2.05) is 0 Å². The number of halogens is 3. The molecule has 0 aromatic carbocycles. The van der Waals surface area contributed by atoms with Crippen LogP contribution in [0.4, 0.5) is 13.2 Å². The van der Waals surface area contributed by atoms with Gasteiger partial charge >= 0.3 is 75.0 Å². The van der Waals surface area contributed by atoms with Crippen molar-refractivity contribution in [3.63, 3.8) is 0 Å². The Balaban J connectivity index is 0. The number of hydrogen-bond donors (Lipinski definition) is 0. The van der Waals surface area contributed by atoms with Crippen LogP contribution in [0, 0.1) is 33.7 Å². The second-order valence-corrected chi connectivity index (χ2v) is 1.79. The van der Waals surface area contributed by atoms with Gasteiger partial charge in [-0.1, -0.05) is 0 Å². The topological polar surface area (TPSA) is 71.4 Å². The molecule has 0 bridgehead atoms. The van der Waals surface area contributed by atoms with Crippen LogP contribution in [0.15, 0.2) is 0 Å². The van der Waals surface area contributed by atoms with Crippen molar-refractivity contribution in [3.8, 4) is 17.9 Å². The molecule has 0 spiro atoms. The molecule has 0 saturated heterocycles. The summed E-state index contributed by atoms with van der Waals surface area (Å²) in [6.07, 6.45) is -9.24. The molecule has 0 N–H and O–H groups in total. The number of rotatable bonds is 0. The van der Waals surface area contributed by atoms with E-state index in [9.17, 15) is 13.2 Å². The van der Waals surface area contributed by atoms with E-state index in [1.165, 1.54) is 0 Å². The molecule has 0 aliphatic heterocycles. The average Bonchev–Trinajstić information content (AvgIpc) is 1.90. The molecule has 0 heterocycles. The molecule has 0 amide bonds. The van der Waals surface area contributed by atoms with Gasteiger partial charge in [-0.3, -0.25) is 0 Å². The maximum Gasteiger partial charge on any atom is 1.00 e.